The molecule has 2 aliphatic rings. The monoisotopic (exact) mass is 446 g/mol. The lowest BCUT2D eigenvalue weighted by atomic mass is 9.75. The molecule has 0 nitrogen and oxygen atoms in total. The van der Waals surface area contributed by atoms with Gasteiger partial charge in [-0.2, -0.15) is 0 Å². The van der Waals surface area contributed by atoms with Crippen LogP contribution in [0.3, 0.4) is 0 Å². The highest BCUT2D eigenvalue weighted by Gasteiger charge is 2.23. The summed E-state index contributed by atoms with van der Waals surface area (Å²) in [4.78, 5) is 0. The standard InChI is InChI=1S/C33H50/c1-3-5-7-11-29-14-16-30(17-15-29)12-8-9-13-31-20-24-33(25-21-31)27-26-32-22-18-28(19-23-32)10-6-4-2/h9,13-17,28,31-33H,3-7,10-11,18-27H2,1-2H3. The Morgan fingerprint density at radius 1 is 0.697 bits per heavy atom. The lowest BCUT2D eigenvalue weighted by Gasteiger charge is -2.31. The normalized spacial score (nSPS) is 25.6. The van der Waals surface area contributed by atoms with E-state index in [0.717, 1.165) is 29.2 Å². The molecule has 0 unspecified atom stereocenters. The van der Waals surface area contributed by atoms with Crippen molar-refractivity contribution in [2.75, 3.05) is 0 Å². The van der Waals surface area contributed by atoms with E-state index >= 15 is 0 Å². The maximum absolute atomic E-state index is 3.32. The van der Waals surface area contributed by atoms with Crippen molar-refractivity contribution < 1.29 is 0 Å². The molecule has 0 heteroatoms. The van der Waals surface area contributed by atoms with E-state index < -0.39 is 0 Å². The van der Waals surface area contributed by atoms with Crippen LogP contribution < -0.4 is 0 Å². The van der Waals surface area contributed by atoms with Crippen LogP contribution in [-0.4, -0.2) is 0 Å². The number of benzene rings is 1. The first-order valence-electron chi connectivity index (χ1n) is 14.5. The van der Waals surface area contributed by atoms with E-state index in [2.05, 4.69) is 62.1 Å². The van der Waals surface area contributed by atoms with E-state index in [1.54, 1.807) is 0 Å². The predicted molar refractivity (Wildman–Crippen MR) is 145 cm³/mol. The first-order valence-corrected chi connectivity index (χ1v) is 14.5. The maximum Gasteiger partial charge on any atom is 0.0249 e. The predicted octanol–water partition coefficient (Wildman–Crippen LogP) is 9.91. The van der Waals surface area contributed by atoms with Crippen molar-refractivity contribution in [1.82, 2.24) is 0 Å². The van der Waals surface area contributed by atoms with E-state index in [9.17, 15) is 0 Å². The SMILES string of the molecule is CCCCCc1ccc(C#CC=CC2CCC(CCC3CCC(CCCC)CC3)CC2)cc1. The highest BCUT2D eigenvalue weighted by atomic mass is 14.3. The van der Waals surface area contributed by atoms with Gasteiger partial charge < -0.3 is 0 Å². The maximum atomic E-state index is 3.32. The molecule has 2 saturated carbocycles. The number of rotatable bonds is 11. The zero-order valence-corrected chi connectivity index (χ0v) is 21.8. The Bertz CT molecular complexity index is 712. The summed E-state index contributed by atoms with van der Waals surface area (Å²) >= 11 is 0. The van der Waals surface area contributed by atoms with Gasteiger partial charge in [0.05, 0.1) is 0 Å². The average Bonchev–Trinajstić information content (AvgIpc) is 2.86. The van der Waals surface area contributed by atoms with Gasteiger partial charge in [-0.1, -0.05) is 115 Å². The second-order valence-electron chi connectivity index (χ2n) is 11.2. The van der Waals surface area contributed by atoms with Crippen molar-refractivity contribution in [3.63, 3.8) is 0 Å². The highest BCUT2D eigenvalue weighted by molar-refractivity contribution is 5.38. The van der Waals surface area contributed by atoms with Gasteiger partial charge in [-0.15, -0.1) is 0 Å². The van der Waals surface area contributed by atoms with E-state index in [1.165, 1.54) is 115 Å². The third-order valence-electron chi connectivity index (χ3n) is 8.50. The quantitative estimate of drug-likeness (QED) is 0.234. The van der Waals surface area contributed by atoms with E-state index in [-0.39, 0.29) is 0 Å². The second-order valence-corrected chi connectivity index (χ2v) is 11.2. The van der Waals surface area contributed by atoms with Crippen LogP contribution in [0, 0.1) is 35.5 Å². The Hall–Kier alpha value is -1.48. The summed E-state index contributed by atoms with van der Waals surface area (Å²) in [7, 11) is 0. The summed E-state index contributed by atoms with van der Waals surface area (Å²) in [5.74, 6) is 10.5. The Morgan fingerprint density at radius 3 is 1.88 bits per heavy atom. The molecule has 33 heavy (non-hydrogen) atoms. The van der Waals surface area contributed by atoms with Gasteiger partial charge in [-0.3, -0.25) is 0 Å². The van der Waals surface area contributed by atoms with E-state index in [0.29, 0.717) is 0 Å². The van der Waals surface area contributed by atoms with Crippen LogP contribution in [0.15, 0.2) is 36.4 Å². The highest BCUT2D eigenvalue weighted by Crippen LogP contribution is 2.37. The molecule has 0 bridgehead atoms. The molecule has 1 aromatic rings. The Kier molecular flexibility index (Phi) is 12.2. The summed E-state index contributed by atoms with van der Waals surface area (Å²) < 4.78 is 0. The number of allylic oxidation sites excluding steroid dienone is 2. The van der Waals surface area contributed by atoms with Crippen molar-refractivity contribution in [2.24, 2.45) is 23.7 Å². The van der Waals surface area contributed by atoms with Crippen LogP contribution in [0.4, 0.5) is 0 Å². The first kappa shape index (κ1) is 26.1. The summed E-state index contributed by atoms with van der Waals surface area (Å²) in [6.45, 7) is 4.59. The lowest BCUT2D eigenvalue weighted by Crippen LogP contribution is -2.17. The average molecular weight is 447 g/mol. The van der Waals surface area contributed by atoms with Crippen molar-refractivity contribution in [3.8, 4) is 11.8 Å². The van der Waals surface area contributed by atoms with Gasteiger partial charge in [0, 0.05) is 5.56 Å². The Labute approximate surface area is 206 Å². The largest absolute Gasteiger partial charge is 0.0730 e. The molecule has 0 radical (unpaired) electrons. The molecular weight excluding hydrogens is 396 g/mol. The van der Waals surface area contributed by atoms with Gasteiger partial charge >= 0.3 is 0 Å². The van der Waals surface area contributed by atoms with Crippen molar-refractivity contribution in [2.45, 2.75) is 123 Å². The molecule has 0 saturated heterocycles. The molecule has 0 atom stereocenters. The van der Waals surface area contributed by atoms with E-state index in [4.69, 9.17) is 0 Å². The molecule has 0 aliphatic heterocycles. The molecule has 0 spiro atoms. The van der Waals surface area contributed by atoms with Crippen LogP contribution in [0.5, 0.6) is 0 Å². The molecule has 1 aromatic carbocycles. The zero-order chi connectivity index (χ0) is 23.1. The number of hydrogen-bond donors (Lipinski definition) is 0. The van der Waals surface area contributed by atoms with Gasteiger partial charge in [0.25, 0.3) is 0 Å². The fourth-order valence-electron chi connectivity index (χ4n) is 6.09. The fourth-order valence-corrected chi connectivity index (χ4v) is 6.09. The number of hydrogen-bond acceptors (Lipinski definition) is 0. The van der Waals surface area contributed by atoms with Gasteiger partial charge in [-0.05, 0) is 86.0 Å². The van der Waals surface area contributed by atoms with Crippen LogP contribution in [0.1, 0.15) is 128 Å². The minimum Gasteiger partial charge on any atom is -0.0730 e. The minimum atomic E-state index is 0.755. The van der Waals surface area contributed by atoms with Crippen molar-refractivity contribution in [1.29, 1.82) is 0 Å². The van der Waals surface area contributed by atoms with Gasteiger partial charge in [0.1, 0.15) is 0 Å². The zero-order valence-electron chi connectivity index (χ0n) is 21.8. The molecule has 2 fully saturated rings. The summed E-state index contributed by atoms with van der Waals surface area (Å²) in [5.41, 5.74) is 2.59. The first-order chi connectivity index (χ1) is 16.3. The summed E-state index contributed by atoms with van der Waals surface area (Å²) in [5, 5.41) is 0. The van der Waals surface area contributed by atoms with Crippen LogP contribution in [-0.2, 0) is 6.42 Å². The molecule has 182 valence electrons. The van der Waals surface area contributed by atoms with Gasteiger partial charge in [0.2, 0.25) is 0 Å². The van der Waals surface area contributed by atoms with Gasteiger partial charge in [-0.25, -0.2) is 0 Å². The third-order valence-corrected chi connectivity index (χ3v) is 8.50. The third kappa shape index (κ3) is 10.1. The molecule has 0 heterocycles. The van der Waals surface area contributed by atoms with Crippen LogP contribution >= 0.6 is 0 Å². The van der Waals surface area contributed by atoms with Crippen molar-refractivity contribution >= 4 is 0 Å². The molecular formula is C33H50. The summed E-state index contributed by atoms with van der Waals surface area (Å²) in [6, 6.07) is 8.88. The number of aryl methyl sites for hydroxylation is 1. The minimum absolute atomic E-state index is 0.755. The lowest BCUT2D eigenvalue weighted by molar-refractivity contribution is 0.220. The molecule has 0 N–H and O–H groups in total. The Balaban J connectivity index is 1.28. The molecule has 3 rings (SSSR count). The fraction of sp³-hybridized carbons (Fsp3) is 0.697. The van der Waals surface area contributed by atoms with Crippen LogP contribution in [0.25, 0.3) is 0 Å². The molecule has 2 aliphatic carbocycles. The summed E-state index contributed by atoms with van der Waals surface area (Å²) in [6.07, 6.45) is 28.7. The second kappa shape index (κ2) is 15.4. The smallest absolute Gasteiger partial charge is 0.0249 e. The molecule has 0 aromatic heterocycles. The Morgan fingerprint density at radius 2 is 1.27 bits per heavy atom. The molecule has 0 amide bonds. The number of unbranched alkanes of at least 4 members (excludes halogenated alkanes) is 3. The van der Waals surface area contributed by atoms with E-state index in [1.807, 2.05) is 0 Å². The van der Waals surface area contributed by atoms with Gasteiger partial charge in [0.15, 0.2) is 0 Å². The van der Waals surface area contributed by atoms with Crippen molar-refractivity contribution in [3.05, 3.63) is 47.5 Å². The van der Waals surface area contributed by atoms with Crippen LogP contribution in [0.2, 0.25) is 0 Å². The topological polar surface area (TPSA) is 0 Å².